The fourth-order valence-corrected chi connectivity index (χ4v) is 3.81. The van der Waals surface area contributed by atoms with Crippen LogP contribution in [0.2, 0.25) is 10.0 Å². The van der Waals surface area contributed by atoms with Crippen LogP contribution in [0.1, 0.15) is 21.6 Å². The molecule has 5 nitrogen and oxygen atoms in total. The second-order valence-corrected chi connectivity index (χ2v) is 8.10. The van der Waals surface area contributed by atoms with Gasteiger partial charge in [-0.1, -0.05) is 59.1 Å². The SMILES string of the molecule is Cc1ccc(-c2nc(C(=O)O)c(-c3cc(Cl)ccc3O)n2-c2cc(Cl)ccc2C)cc1. The molecule has 0 saturated carbocycles. The van der Waals surface area contributed by atoms with E-state index in [0.717, 1.165) is 16.7 Å². The molecule has 156 valence electrons. The third-order valence-electron chi connectivity index (χ3n) is 5.02. The molecule has 1 aromatic heterocycles. The van der Waals surface area contributed by atoms with E-state index in [0.29, 0.717) is 21.6 Å². The Bertz CT molecular complexity index is 1310. The Kier molecular flexibility index (Phi) is 5.48. The van der Waals surface area contributed by atoms with Gasteiger partial charge >= 0.3 is 5.97 Å². The van der Waals surface area contributed by atoms with Crippen molar-refractivity contribution in [3.05, 3.63) is 87.5 Å². The smallest absolute Gasteiger partial charge is 0.356 e. The summed E-state index contributed by atoms with van der Waals surface area (Å²) in [6.07, 6.45) is 0. The lowest BCUT2D eigenvalue weighted by atomic mass is 10.1. The van der Waals surface area contributed by atoms with Gasteiger partial charge in [-0.2, -0.15) is 0 Å². The molecule has 4 aromatic rings. The molecule has 31 heavy (non-hydrogen) atoms. The van der Waals surface area contributed by atoms with Crippen LogP contribution in [-0.4, -0.2) is 25.7 Å². The first-order valence-electron chi connectivity index (χ1n) is 9.44. The molecule has 7 heteroatoms. The molecule has 0 amide bonds. The van der Waals surface area contributed by atoms with E-state index in [-0.39, 0.29) is 22.7 Å². The number of aromatic nitrogens is 2. The first-order chi connectivity index (χ1) is 14.8. The van der Waals surface area contributed by atoms with Crippen molar-refractivity contribution < 1.29 is 15.0 Å². The van der Waals surface area contributed by atoms with Crippen LogP contribution in [0.25, 0.3) is 28.3 Å². The molecule has 0 aliphatic carbocycles. The number of phenols is 1. The van der Waals surface area contributed by atoms with E-state index in [9.17, 15) is 15.0 Å². The zero-order chi connectivity index (χ0) is 22.3. The Labute approximate surface area is 189 Å². The predicted molar refractivity (Wildman–Crippen MR) is 123 cm³/mol. The van der Waals surface area contributed by atoms with Gasteiger partial charge in [-0.15, -0.1) is 0 Å². The zero-order valence-electron chi connectivity index (χ0n) is 16.7. The number of rotatable bonds is 4. The molecule has 0 spiro atoms. The number of aryl methyl sites for hydroxylation is 2. The highest BCUT2D eigenvalue weighted by atomic mass is 35.5. The maximum absolute atomic E-state index is 12.2. The van der Waals surface area contributed by atoms with Crippen LogP contribution in [0, 0.1) is 13.8 Å². The highest BCUT2D eigenvalue weighted by Gasteiger charge is 2.27. The maximum Gasteiger partial charge on any atom is 0.356 e. The summed E-state index contributed by atoms with van der Waals surface area (Å²) in [6.45, 7) is 3.86. The zero-order valence-corrected chi connectivity index (χ0v) is 18.2. The van der Waals surface area contributed by atoms with E-state index in [2.05, 4.69) is 4.98 Å². The summed E-state index contributed by atoms with van der Waals surface area (Å²) in [5.41, 5.74) is 3.57. The van der Waals surface area contributed by atoms with Crippen molar-refractivity contribution >= 4 is 29.2 Å². The predicted octanol–water partition coefficient (Wildman–Crippen LogP) is 6.53. The third-order valence-corrected chi connectivity index (χ3v) is 5.49. The van der Waals surface area contributed by atoms with Crippen LogP contribution in [0.3, 0.4) is 0 Å². The average Bonchev–Trinajstić information content (AvgIpc) is 3.12. The number of imidazole rings is 1. The summed E-state index contributed by atoms with van der Waals surface area (Å²) in [6, 6.07) is 17.4. The van der Waals surface area contributed by atoms with Crippen molar-refractivity contribution in [2.75, 3.05) is 0 Å². The second kappa shape index (κ2) is 8.10. The number of carbonyl (C=O) groups is 1. The van der Waals surface area contributed by atoms with Crippen molar-refractivity contribution in [3.63, 3.8) is 0 Å². The summed E-state index contributed by atoms with van der Waals surface area (Å²) < 4.78 is 1.71. The molecule has 0 bridgehead atoms. The molecule has 0 fully saturated rings. The number of hydrogen-bond donors (Lipinski definition) is 2. The van der Waals surface area contributed by atoms with E-state index in [1.807, 2.05) is 44.2 Å². The molecule has 2 N–H and O–H groups in total. The minimum absolute atomic E-state index is 0.108. The van der Waals surface area contributed by atoms with Gasteiger partial charge in [0.2, 0.25) is 0 Å². The van der Waals surface area contributed by atoms with Gasteiger partial charge in [0.1, 0.15) is 11.6 Å². The van der Waals surface area contributed by atoms with Crippen LogP contribution >= 0.6 is 23.2 Å². The number of aromatic hydroxyl groups is 1. The fraction of sp³-hybridized carbons (Fsp3) is 0.0833. The highest BCUT2D eigenvalue weighted by molar-refractivity contribution is 6.31. The monoisotopic (exact) mass is 452 g/mol. The van der Waals surface area contributed by atoms with Crippen LogP contribution in [0.4, 0.5) is 0 Å². The molecule has 0 saturated heterocycles. The summed E-state index contributed by atoms with van der Waals surface area (Å²) in [4.78, 5) is 16.7. The first kappa shape index (κ1) is 21.0. The van der Waals surface area contributed by atoms with E-state index in [1.165, 1.54) is 18.2 Å². The fourth-order valence-electron chi connectivity index (χ4n) is 3.47. The number of benzene rings is 3. The lowest BCUT2D eigenvalue weighted by Crippen LogP contribution is -2.05. The number of halogens is 2. The maximum atomic E-state index is 12.2. The van der Waals surface area contributed by atoms with Gasteiger partial charge < -0.3 is 10.2 Å². The Morgan fingerprint density at radius 1 is 0.935 bits per heavy atom. The Hall–Kier alpha value is -3.28. The van der Waals surface area contributed by atoms with Crippen molar-refractivity contribution in [1.82, 2.24) is 9.55 Å². The molecule has 0 radical (unpaired) electrons. The third kappa shape index (κ3) is 3.90. The van der Waals surface area contributed by atoms with Crippen molar-refractivity contribution in [2.24, 2.45) is 0 Å². The summed E-state index contributed by atoms with van der Waals surface area (Å²) >= 11 is 12.5. The van der Waals surface area contributed by atoms with E-state index in [1.54, 1.807) is 16.7 Å². The number of aromatic carboxylic acids is 1. The minimum atomic E-state index is -1.22. The number of carboxylic acids is 1. The molecule has 0 atom stereocenters. The minimum Gasteiger partial charge on any atom is -0.507 e. The Morgan fingerprint density at radius 3 is 2.26 bits per heavy atom. The van der Waals surface area contributed by atoms with Gasteiger partial charge in [0.05, 0.1) is 11.4 Å². The quantitative estimate of drug-likeness (QED) is 0.368. The molecule has 3 aromatic carbocycles. The first-order valence-corrected chi connectivity index (χ1v) is 10.2. The summed E-state index contributed by atoms with van der Waals surface area (Å²) in [7, 11) is 0. The van der Waals surface area contributed by atoms with Gasteiger partial charge in [-0.25, -0.2) is 9.78 Å². The highest BCUT2D eigenvalue weighted by Crippen LogP contribution is 2.40. The van der Waals surface area contributed by atoms with E-state index >= 15 is 0 Å². The Balaban J connectivity index is 2.17. The molecular formula is C24H18Cl2N2O3. The van der Waals surface area contributed by atoms with E-state index in [4.69, 9.17) is 23.2 Å². The molecule has 0 unspecified atom stereocenters. The number of carboxylic acid groups (broad SMARTS) is 1. The van der Waals surface area contributed by atoms with Gasteiger partial charge in [0.15, 0.2) is 5.69 Å². The molecule has 1 heterocycles. The Morgan fingerprint density at radius 2 is 1.58 bits per heavy atom. The summed E-state index contributed by atoms with van der Waals surface area (Å²) in [5, 5.41) is 21.4. The average molecular weight is 453 g/mol. The molecule has 4 rings (SSSR count). The topological polar surface area (TPSA) is 75.3 Å². The van der Waals surface area contributed by atoms with Crippen LogP contribution in [-0.2, 0) is 0 Å². The van der Waals surface area contributed by atoms with Gasteiger partial charge in [-0.05, 0) is 49.7 Å². The van der Waals surface area contributed by atoms with Crippen LogP contribution < -0.4 is 0 Å². The molecule has 0 aliphatic rings. The molecule has 0 aliphatic heterocycles. The van der Waals surface area contributed by atoms with Crippen LogP contribution in [0.15, 0.2) is 60.7 Å². The molecular weight excluding hydrogens is 435 g/mol. The number of hydrogen-bond acceptors (Lipinski definition) is 3. The lowest BCUT2D eigenvalue weighted by Gasteiger charge is -2.16. The van der Waals surface area contributed by atoms with Gasteiger partial charge in [-0.3, -0.25) is 4.57 Å². The number of nitrogens with zero attached hydrogens (tertiary/aromatic N) is 2. The largest absolute Gasteiger partial charge is 0.507 e. The van der Waals surface area contributed by atoms with Crippen molar-refractivity contribution in [1.29, 1.82) is 0 Å². The van der Waals surface area contributed by atoms with Crippen molar-refractivity contribution in [3.8, 4) is 34.1 Å². The number of phenolic OH excluding ortho intramolecular Hbond substituents is 1. The standard InChI is InChI=1S/C24H18Cl2N2O3/c1-13-3-6-15(7-4-13)23-27-21(24(30)31)22(18-11-16(25)9-10-20(18)29)28(23)19-12-17(26)8-5-14(19)2/h3-12,29H,1-2H3,(H,30,31). The van der Waals surface area contributed by atoms with Gasteiger partial charge in [0.25, 0.3) is 0 Å². The van der Waals surface area contributed by atoms with Gasteiger partial charge in [0, 0.05) is 21.2 Å². The second-order valence-electron chi connectivity index (χ2n) is 7.23. The van der Waals surface area contributed by atoms with Crippen molar-refractivity contribution in [2.45, 2.75) is 13.8 Å². The normalized spacial score (nSPS) is 11.0. The van der Waals surface area contributed by atoms with Crippen LogP contribution in [0.5, 0.6) is 5.75 Å². The lowest BCUT2D eigenvalue weighted by molar-refractivity contribution is 0.0692. The van der Waals surface area contributed by atoms with E-state index < -0.39 is 5.97 Å². The summed E-state index contributed by atoms with van der Waals surface area (Å²) in [5.74, 6) is -0.915.